The summed E-state index contributed by atoms with van der Waals surface area (Å²) >= 11 is 0. The van der Waals surface area contributed by atoms with E-state index in [2.05, 4.69) is 20.0 Å². The molecule has 0 radical (unpaired) electrons. The van der Waals surface area contributed by atoms with Gasteiger partial charge in [0, 0.05) is 6.42 Å². The molecule has 0 saturated carbocycles. The lowest BCUT2D eigenvalue weighted by Gasteiger charge is -2.15. The summed E-state index contributed by atoms with van der Waals surface area (Å²) in [5.74, 6) is -4.25. The minimum absolute atomic E-state index is 0.173. The summed E-state index contributed by atoms with van der Waals surface area (Å²) in [6.45, 7) is 1.37. The number of ether oxygens (including phenoxy) is 1. The molecular weight excluding hydrogens is 311 g/mol. The van der Waals surface area contributed by atoms with E-state index in [1.807, 2.05) is 0 Å². The molecule has 128 valence electrons. The van der Waals surface area contributed by atoms with E-state index in [4.69, 9.17) is 5.11 Å². The van der Waals surface area contributed by atoms with Crippen LogP contribution < -0.4 is 10.6 Å². The lowest BCUT2D eigenvalue weighted by Crippen LogP contribution is -2.45. The van der Waals surface area contributed by atoms with E-state index >= 15 is 0 Å². The van der Waals surface area contributed by atoms with Gasteiger partial charge >= 0.3 is 26.0 Å². The number of carbonyl (C=O) groups is 5. The van der Waals surface area contributed by atoms with Gasteiger partial charge in [0.1, 0.15) is 18.5 Å². The van der Waals surface area contributed by atoms with Gasteiger partial charge in [0.25, 0.3) is 0 Å². The third-order valence-electron chi connectivity index (χ3n) is 2.75. The normalized spacial score (nSPS) is 12.4. The molecule has 0 saturated heterocycles. The fourth-order valence-corrected chi connectivity index (χ4v) is 1.54. The Balaban J connectivity index is 4.41. The number of carboxylic acid groups (broad SMARTS) is 1. The summed E-state index contributed by atoms with van der Waals surface area (Å²) in [5.41, 5.74) is 0. The number of amides is 2. The fraction of sp³-hybridized carbons (Fsp3) is 0.583. The van der Waals surface area contributed by atoms with Crippen LogP contribution in [-0.2, 0) is 33.4 Å². The highest BCUT2D eigenvalue weighted by Crippen LogP contribution is 2.00. The topological polar surface area (TPSA) is 148 Å². The molecule has 10 nitrogen and oxygen atoms in total. The van der Waals surface area contributed by atoms with Crippen molar-refractivity contribution in [3.63, 3.8) is 0 Å². The minimum atomic E-state index is -1.34. The van der Waals surface area contributed by atoms with Crippen molar-refractivity contribution >= 4 is 37.8 Å². The van der Waals surface area contributed by atoms with Crippen molar-refractivity contribution in [1.82, 2.24) is 10.6 Å². The highest BCUT2D eigenvalue weighted by Gasteiger charge is 2.23. The maximum atomic E-state index is 11.6. The van der Waals surface area contributed by atoms with Crippen LogP contribution in [0.5, 0.6) is 0 Å². The first-order valence-electron chi connectivity index (χ1n) is 6.67. The average molecular weight is 330 g/mol. The Bertz CT molecular complexity index is 482. The van der Waals surface area contributed by atoms with Crippen LogP contribution in [0.3, 0.4) is 0 Å². The molecule has 0 bridgehead atoms. The molecular formula is C12H19BN2O8. The Morgan fingerprint density at radius 2 is 1.70 bits per heavy atom. The highest BCUT2D eigenvalue weighted by atomic mass is 16.5. The SMILES string of the molecule is BOC(=O)C(C)NC(=O)CC(=O)NC(CCC(=O)OC)C(=O)O. The van der Waals surface area contributed by atoms with Gasteiger partial charge in [-0.15, -0.1) is 0 Å². The van der Waals surface area contributed by atoms with Crippen molar-refractivity contribution in [2.45, 2.75) is 38.3 Å². The van der Waals surface area contributed by atoms with Gasteiger partial charge in [-0.2, -0.15) is 0 Å². The van der Waals surface area contributed by atoms with Crippen molar-refractivity contribution in [3.8, 4) is 0 Å². The molecule has 2 atom stereocenters. The molecule has 0 aromatic rings. The van der Waals surface area contributed by atoms with Crippen LogP contribution in [0.1, 0.15) is 26.2 Å². The van der Waals surface area contributed by atoms with Crippen LogP contribution in [0.25, 0.3) is 0 Å². The second kappa shape index (κ2) is 10.2. The van der Waals surface area contributed by atoms with E-state index in [0.717, 1.165) is 15.2 Å². The summed E-state index contributed by atoms with van der Waals surface area (Å²) in [4.78, 5) is 56.3. The van der Waals surface area contributed by atoms with E-state index in [9.17, 15) is 24.0 Å². The summed E-state index contributed by atoms with van der Waals surface area (Å²) in [7, 11) is 2.31. The Kier molecular flexibility index (Phi) is 9.05. The molecule has 3 N–H and O–H groups in total. The van der Waals surface area contributed by atoms with Crippen LogP contribution in [0.15, 0.2) is 0 Å². The predicted molar refractivity (Wildman–Crippen MR) is 77.7 cm³/mol. The van der Waals surface area contributed by atoms with E-state index in [1.165, 1.54) is 6.92 Å². The van der Waals surface area contributed by atoms with Gasteiger partial charge in [-0.3, -0.25) is 19.2 Å². The zero-order valence-corrected chi connectivity index (χ0v) is 13.1. The van der Waals surface area contributed by atoms with Crippen molar-refractivity contribution in [2.24, 2.45) is 0 Å². The molecule has 0 heterocycles. The summed E-state index contributed by atoms with van der Waals surface area (Å²) in [6, 6.07) is -2.26. The van der Waals surface area contributed by atoms with Gasteiger partial charge in [-0.25, -0.2) is 4.79 Å². The average Bonchev–Trinajstić information content (AvgIpc) is 2.49. The Labute approximate surface area is 133 Å². The molecule has 23 heavy (non-hydrogen) atoms. The molecule has 0 aliphatic heterocycles. The maximum absolute atomic E-state index is 11.6. The fourth-order valence-electron chi connectivity index (χ4n) is 1.54. The first-order valence-corrected chi connectivity index (χ1v) is 6.67. The molecule has 0 aromatic heterocycles. The van der Waals surface area contributed by atoms with Gasteiger partial charge in [0.2, 0.25) is 11.8 Å². The van der Waals surface area contributed by atoms with E-state index < -0.39 is 48.2 Å². The summed E-state index contributed by atoms with van der Waals surface area (Å²) in [5, 5.41) is 13.3. The predicted octanol–water partition coefficient (Wildman–Crippen LogP) is -2.50. The largest absolute Gasteiger partial charge is 0.542 e. The molecule has 0 rings (SSSR count). The van der Waals surface area contributed by atoms with E-state index in [0.29, 0.717) is 0 Å². The molecule has 11 heteroatoms. The zero-order chi connectivity index (χ0) is 18.0. The minimum Gasteiger partial charge on any atom is -0.542 e. The lowest BCUT2D eigenvalue weighted by atomic mass is 10.1. The van der Waals surface area contributed by atoms with Gasteiger partial charge in [-0.05, 0) is 13.3 Å². The monoisotopic (exact) mass is 330 g/mol. The maximum Gasteiger partial charge on any atom is 0.326 e. The first kappa shape index (κ1) is 20.4. The van der Waals surface area contributed by atoms with Crippen molar-refractivity contribution < 1.29 is 38.5 Å². The Hall–Kier alpha value is -2.59. The van der Waals surface area contributed by atoms with Crippen LogP contribution in [0.4, 0.5) is 0 Å². The summed E-state index contributed by atoms with van der Waals surface area (Å²) in [6.07, 6.45) is -1.03. The Morgan fingerprint density at radius 1 is 1.13 bits per heavy atom. The number of hydrogen-bond acceptors (Lipinski definition) is 7. The number of carboxylic acids is 1. The van der Waals surface area contributed by atoms with Crippen molar-refractivity contribution in [2.75, 3.05) is 7.11 Å². The standard InChI is InChI=1S/C12H19BN2O8/c1-6(12(21)23-13)14-8(16)5-9(17)15-7(11(19)20)3-4-10(18)22-2/h6-7H,3-5,13H2,1-2H3,(H,14,16)(H,15,17)(H,19,20). The van der Waals surface area contributed by atoms with Crippen LogP contribution in [-0.4, -0.2) is 62.1 Å². The second-order valence-corrected chi connectivity index (χ2v) is 4.56. The van der Waals surface area contributed by atoms with Gasteiger partial charge in [0.15, 0.2) is 0 Å². The Morgan fingerprint density at radius 3 is 2.17 bits per heavy atom. The van der Waals surface area contributed by atoms with Crippen molar-refractivity contribution in [3.05, 3.63) is 0 Å². The number of methoxy groups -OCH3 is 1. The van der Waals surface area contributed by atoms with Crippen LogP contribution >= 0.6 is 0 Å². The third-order valence-corrected chi connectivity index (χ3v) is 2.75. The number of esters is 1. The molecule has 0 aromatic carbocycles. The number of aliphatic carboxylic acids is 1. The molecule has 2 unspecified atom stereocenters. The van der Waals surface area contributed by atoms with Gasteiger partial charge in [-0.1, -0.05) is 0 Å². The zero-order valence-electron chi connectivity index (χ0n) is 13.1. The number of nitrogens with one attached hydrogen (secondary N) is 2. The van der Waals surface area contributed by atoms with Gasteiger partial charge in [0.05, 0.1) is 7.11 Å². The van der Waals surface area contributed by atoms with Crippen molar-refractivity contribution in [1.29, 1.82) is 0 Å². The third kappa shape index (κ3) is 8.44. The smallest absolute Gasteiger partial charge is 0.326 e. The van der Waals surface area contributed by atoms with E-state index in [1.54, 1.807) is 0 Å². The van der Waals surface area contributed by atoms with Gasteiger partial charge < -0.3 is 25.1 Å². The lowest BCUT2D eigenvalue weighted by molar-refractivity contribution is -0.144. The number of hydrogen-bond donors (Lipinski definition) is 3. The second-order valence-electron chi connectivity index (χ2n) is 4.56. The number of rotatable bonds is 9. The van der Waals surface area contributed by atoms with E-state index in [-0.39, 0.29) is 12.8 Å². The number of carbonyl (C=O) groups excluding carboxylic acids is 4. The van der Waals surface area contributed by atoms with Crippen LogP contribution in [0, 0.1) is 0 Å². The molecule has 2 amide bonds. The molecule has 0 fully saturated rings. The quantitative estimate of drug-likeness (QED) is 0.239. The molecule has 0 aliphatic rings. The van der Waals surface area contributed by atoms with Crippen LogP contribution in [0.2, 0.25) is 0 Å². The molecule has 0 spiro atoms. The summed E-state index contributed by atoms with van der Waals surface area (Å²) < 4.78 is 8.78. The molecule has 0 aliphatic carbocycles. The first-order chi connectivity index (χ1) is 10.7. The highest BCUT2D eigenvalue weighted by molar-refractivity contribution is 6.07.